The van der Waals surface area contributed by atoms with Crippen LogP contribution in [0.2, 0.25) is 0 Å². The molecule has 0 aliphatic carbocycles. The average molecular weight is 820 g/mol. The molecular weight excluding hydrogens is 719 g/mol. The molecule has 6 nitrogen and oxygen atoms in total. The zero-order chi connectivity index (χ0) is 42.4. The van der Waals surface area contributed by atoms with Crippen LogP contribution in [-0.2, 0) is 14.3 Å². The van der Waals surface area contributed by atoms with Crippen molar-refractivity contribution in [3.05, 3.63) is 12.2 Å². The molecule has 344 valence electrons. The van der Waals surface area contributed by atoms with Crippen molar-refractivity contribution in [1.29, 1.82) is 0 Å². The van der Waals surface area contributed by atoms with Crippen LogP contribution < -0.4 is 5.32 Å². The number of carbonyl (C=O) groups excluding carboxylic acids is 2. The van der Waals surface area contributed by atoms with E-state index in [0.29, 0.717) is 19.3 Å². The van der Waals surface area contributed by atoms with Gasteiger partial charge in [-0.3, -0.25) is 9.59 Å². The van der Waals surface area contributed by atoms with Crippen molar-refractivity contribution >= 4 is 11.9 Å². The maximum Gasteiger partial charge on any atom is 0.306 e. The van der Waals surface area contributed by atoms with E-state index in [9.17, 15) is 19.8 Å². The van der Waals surface area contributed by atoms with Crippen LogP contribution in [0, 0.1) is 0 Å². The third kappa shape index (κ3) is 41.3. The van der Waals surface area contributed by atoms with E-state index in [4.69, 9.17) is 4.74 Å². The van der Waals surface area contributed by atoms with Crippen molar-refractivity contribution < 1.29 is 24.5 Å². The van der Waals surface area contributed by atoms with Gasteiger partial charge in [0.15, 0.2) is 0 Å². The van der Waals surface area contributed by atoms with Gasteiger partial charge in [-0.15, -0.1) is 0 Å². The van der Waals surface area contributed by atoms with E-state index in [-0.39, 0.29) is 24.9 Å². The Kier molecular flexibility index (Phi) is 45.5. The van der Waals surface area contributed by atoms with Crippen LogP contribution >= 0.6 is 0 Å². The summed E-state index contributed by atoms with van der Waals surface area (Å²) < 4.78 is 5.90. The quantitative estimate of drug-likeness (QED) is 0.0323. The molecule has 3 unspecified atom stereocenters. The number of amides is 1. The lowest BCUT2D eigenvalue weighted by atomic mass is 10.0. The summed E-state index contributed by atoms with van der Waals surface area (Å²) in [6.45, 7) is 6.48. The molecule has 0 rings (SSSR count). The summed E-state index contributed by atoms with van der Waals surface area (Å²) in [5.41, 5.74) is 0. The Hall–Kier alpha value is -1.40. The van der Waals surface area contributed by atoms with Crippen molar-refractivity contribution in [2.24, 2.45) is 0 Å². The first-order valence-corrected chi connectivity index (χ1v) is 25.9. The number of carbonyl (C=O) groups is 2. The molecule has 3 N–H and O–H groups in total. The highest BCUT2D eigenvalue weighted by Crippen LogP contribution is 2.18. The normalized spacial score (nSPS) is 13.3. The molecule has 0 spiro atoms. The number of hydrogen-bond acceptors (Lipinski definition) is 5. The lowest BCUT2D eigenvalue weighted by molar-refractivity contribution is -0.151. The largest absolute Gasteiger partial charge is 0.462 e. The summed E-state index contributed by atoms with van der Waals surface area (Å²) in [6.07, 6.45) is 51.4. The third-order valence-electron chi connectivity index (χ3n) is 12.1. The fourth-order valence-corrected chi connectivity index (χ4v) is 8.14. The van der Waals surface area contributed by atoms with Crippen molar-refractivity contribution in [2.45, 2.75) is 302 Å². The minimum absolute atomic E-state index is 0.0633. The van der Waals surface area contributed by atoms with E-state index in [1.54, 1.807) is 0 Å². The second kappa shape index (κ2) is 46.7. The SMILES string of the molecule is CCCCCCCC/C=C\CCCC(CC(=O)NC(CO)C(O)CCCCCCCCCCCCCCCCCCC)OC(=O)CCCCCCCCCCCCC. The second-order valence-electron chi connectivity index (χ2n) is 17.9. The Balaban J connectivity index is 4.45. The molecule has 0 bridgehead atoms. The van der Waals surface area contributed by atoms with Crippen LogP contribution in [0.25, 0.3) is 0 Å². The van der Waals surface area contributed by atoms with Gasteiger partial charge in [0.2, 0.25) is 5.91 Å². The molecule has 1 amide bonds. The number of ether oxygens (including phenoxy) is 1. The van der Waals surface area contributed by atoms with Crippen LogP contribution in [0.3, 0.4) is 0 Å². The van der Waals surface area contributed by atoms with Crippen LogP contribution in [0.4, 0.5) is 0 Å². The zero-order valence-corrected chi connectivity index (χ0v) is 39.2. The van der Waals surface area contributed by atoms with Gasteiger partial charge in [0, 0.05) is 6.42 Å². The molecule has 0 aliphatic rings. The Labute approximate surface area is 361 Å². The summed E-state index contributed by atoms with van der Waals surface area (Å²) in [4.78, 5) is 26.0. The fourth-order valence-electron chi connectivity index (χ4n) is 8.14. The van der Waals surface area contributed by atoms with Crippen molar-refractivity contribution in [2.75, 3.05) is 6.61 Å². The van der Waals surface area contributed by atoms with E-state index < -0.39 is 18.2 Å². The number of aliphatic hydroxyl groups is 2. The van der Waals surface area contributed by atoms with Gasteiger partial charge in [-0.25, -0.2) is 0 Å². The second-order valence-corrected chi connectivity index (χ2v) is 17.9. The summed E-state index contributed by atoms with van der Waals surface area (Å²) in [5.74, 6) is -0.489. The highest BCUT2D eigenvalue weighted by molar-refractivity contribution is 5.77. The average Bonchev–Trinajstić information content (AvgIpc) is 3.22. The minimum atomic E-state index is -0.788. The van der Waals surface area contributed by atoms with Gasteiger partial charge in [-0.2, -0.15) is 0 Å². The molecule has 6 heteroatoms. The maximum atomic E-state index is 13.2. The van der Waals surface area contributed by atoms with Gasteiger partial charge in [-0.05, 0) is 44.9 Å². The lowest BCUT2D eigenvalue weighted by Crippen LogP contribution is -2.46. The zero-order valence-electron chi connectivity index (χ0n) is 39.2. The molecule has 3 atom stereocenters. The van der Waals surface area contributed by atoms with Crippen LogP contribution in [0.1, 0.15) is 284 Å². The monoisotopic (exact) mass is 820 g/mol. The van der Waals surface area contributed by atoms with Gasteiger partial charge in [0.25, 0.3) is 0 Å². The van der Waals surface area contributed by atoms with Crippen molar-refractivity contribution in [3.63, 3.8) is 0 Å². The van der Waals surface area contributed by atoms with E-state index >= 15 is 0 Å². The van der Waals surface area contributed by atoms with Crippen LogP contribution in [-0.4, -0.2) is 46.9 Å². The predicted molar refractivity (Wildman–Crippen MR) is 250 cm³/mol. The molecule has 0 aromatic heterocycles. The molecule has 0 saturated carbocycles. The number of unbranched alkanes of at least 4 members (excludes halogenated alkanes) is 33. The van der Waals surface area contributed by atoms with Crippen LogP contribution in [0.5, 0.6) is 0 Å². The van der Waals surface area contributed by atoms with Crippen LogP contribution in [0.15, 0.2) is 12.2 Å². The summed E-state index contributed by atoms with van der Waals surface area (Å²) in [5, 5.41) is 23.8. The van der Waals surface area contributed by atoms with E-state index in [0.717, 1.165) is 51.4 Å². The highest BCUT2D eigenvalue weighted by Gasteiger charge is 2.24. The first-order valence-electron chi connectivity index (χ1n) is 25.9. The van der Waals surface area contributed by atoms with Gasteiger partial charge in [-0.1, -0.05) is 238 Å². The number of hydrogen-bond donors (Lipinski definition) is 3. The number of rotatable bonds is 47. The first kappa shape index (κ1) is 56.6. The molecule has 58 heavy (non-hydrogen) atoms. The smallest absolute Gasteiger partial charge is 0.306 e. The van der Waals surface area contributed by atoms with E-state index in [1.807, 2.05) is 0 Å². The minimum Gasteiger partial charge on any atom is -0.462 e. The fraction of sp³-hybridized carbons (Fsp3) is 0.923. The van der Waals surface area contributed by atoms with Crippen molar-refractivity contribution in [1.82, 2.24) is 5.32 Å². The molecular formula is C52H101NO5. The van der Waals surface area contributed by atoms with Gasteiger partial charge in [0.05, 0.1) is 25.2 Å². The lowest BCUT2D eigenvalue weighted by Gasteiger charge is -2.24. The Morgan fingerprint density at radius 1 is 0.483 bits per heavy atom. The molecule has 0 radical (unpaired) electrons. The maximum absolute atomic E-state index is 13.2. The highest BCUT2D eigenvalue weighted by atomic mass is 16.5. The molecule has 0 saturated heterocycles. The van der Waals surface area contributed by atoms with Gasteiger partial charge >= 0.3 is 5.97 Å². The number of allylic oxidation sites excluding steroid dienone is 2. The summed E-state index contributed by atoms with van der Waals surface area (Å²) in [7, 11) is 0. The Morgan fingerprint density at radius 2 is 0.845 bits per heavy atom. The molecule has 0 aromatic rings. The van der Waals surface area contributed by atoms with Crippen molar-refractivity contribution in [3.8, 4) is 0 Å². The standard InChI is InChI=1S/C52H101NO5/c1-4-7-10-13-16-19-22-23-24-25-26-27-30-32-35-38-41-44-50(55)49(47-54)53-51(56)46-48(43-40-37-34-31-28-20-17-14-11-8-5-2)58-52(57)45-42-39-36-33-29-21-18-15-12-9-6-3/h31,34,48-50,54-55H,4-30,32-33,35-47H2,1-3H3,(H,53,56)/b34-31-. The number of aliphatic hydroxyl groups excluding tert-OH is 2. The summed E-state index contributed by atoms with van der Waals surface area (Å²) in [6, 6.07) is -0.703. The van der Waals surface area contributed by atoms with Gasteiger partial charge < -0.3 is 20.3 Å². The first-order chi connectivity index (χ1) is 28.5. The Morgan fingerprint density at radius 3 is 1.26 bits per heavy atom. The van der Waals surface area contributed by atoms with Gasteiger partial charge in [0.1, 0.15) is 6.10 Å². The molecule has 0 heterocycles. The third-order valence-corrected chi connectivity index (χ3v) is 12.1. The van der Waals surface area contributed by atoms with E-state index in [2.05, 4.69) is 38.2 Å². The number of nitrogens with one attached hydrogen (secondary N) is 1. The molecule has 0 aromatic carbocycles. The molecule has 0 fully saturated rings. The number of esters is 1. The van der Waals surface area contributed by atoms with E-state index in [1.165, 1.54) is 186 Å². The molecule has 0 aliphatic heterocycles. The topological polar surface area (TPSA) is 95.9 Å². The Bertz CT molecular complexity index is 878. The summed E-state index contributed by atoms with van der Waals surface area (Å²) >= 11 is 0. The predicted octanol–water partition coefficient (Wildman–Crippen LogP) is 15.3.